The Labute approximate surface area is 190 Å². The summed E-state index contributed by atoms with van der Waals surface area (Å²) in [5.74, 6) is 1.45. The molecule has 3 aromatic heterocycles. The molecule has 0 aliphatic carbocycles. The second kappa shape index (κ2) is 7.65. The van der Waals surface area contributed by atoms with Crippen molar-refractivity contribution in [3.63, 3.8) is 0 Å². The average Bonchev–Trinajstić information content (AvgIpc) is 3.57. The third kappa shape index (κ3) is 3.07. The molecule has 0 spiro atoms. The van der Waals surface area contributed by atoms with Crippen LogP contribution in [0.25, 0.3) is 5.69 Å². The van der Waals surface area contributed by atoms with Gasteiger partial charge in [0, 0.05) is 36.0 Å². The molecule has 32 heavy (non-hydrogen) atoms. The summed E-state index contributed by atoms with van der Waals surface area (Å²) in [6.45, 7) is 0.228. The Hall–Kier alpha value is -3.91. The van der Waals surface area contributed by atoms with Gasteiger partial charge in [0.1, 0.15) is 6.04 Å². The molecule has 1 saturated heterocycles. The number of anilines is 1. The van der Waals surface area contributed by atoms with E-state index in [2.05, 4.69) is 30.8 Å². The molecule has 8 heteroatoms. The topological polar surface area (TPSA) is 64.4 Å². The lowest BCUT2D eigenvalue weighted by atomic mass is 10.0. The van der Waals surface area contributed by atoms with E-state index in [0.29, 0.717) is 10.9 Å². The smallest absolute Gasteiger partial charge is 0.231 e. The molecule has 2 aliphatic rings. The van der Waals surface area contributed by atoms with E-state index in [0.717, 1.165) is 28.5 Å². The number of nitrogens with one attached hydrogen (secondary N) is 1. The second-order valence-corrected chi connectivity index (χ2v) is 7.94. The van der Waals surface area contributed by atoms with Gasteiger partial charge in [0.2, 0.25) is 6.79 Å². The second-order valence-electron chi connectivity index (χ2n) is 7.55. The third-order valence-electron chi connectivity index (χ3n) is 5.74. The molecular weight excluding hydrogens is 422 g/mol. The molecule has 4 aromatic rings. The van der Waals surface area contributed by atoms with Crippen LogP contribution in [0.3, 0.4) is 0 Å². The molecule has 158 valence electrons. The standard InChI is InChI=1S/C24H19N5O2S/c32-24-27-22(18-6-1-2-11-26-18)23(19-7-4-12-28(19)17-5-3-10-25-14-17)29(24)16-8-9-20-21(13-16)31-15-30-20/h1-14,22-23H,15H2,(H,27,32). The van der Waals surface area contributed by atoms with Crippen LogP contribution in [-0.2, 0) is 0 Å². The molecule has 2 atom stereocenters. The summed E-state index contributed by atoms with van der Waals surface area (Å²) in [4.78, 5) is 11.1. The van der Waals surface area contributed by atoms with E-state index >= 15 is 0 Å². The molecule has 1 aromatic carbocycles. The van der Waals surface area contributed by atoms with Crippen LogP contribution >= 0.6 is 12.2 Å². The molecule has 2 aliphatic heterocycles. The third-order valence-corrected chi connectivity index (χ3v) is 6.05. The number of ether oxygens (including phenoxy) is 2. The van der Waals surface area contributed by atoms with Crippen molar-refractivity contribution in [2.24, 2.45) is 0 Å². The van der Waals surface area contributed by atoms with Gasteiger partial charge in [-0.25, -0.2) is 0 Å². The zero-order valence-corrected chi connectivity index (χ0v) is 17.8. The van der Waals surface area contributed by atoms with Gasteiger partial charge in [-0.1, -0.05) is 6.07 Å². The lowest BCUT2D eigenvalue weighted by Gasteiger charge is -2.29. The summed E-state index contributed by atoms with van der Waals surface area (Å²) >= 11 is 5.83. The maximum Gasteiger partial charge on any atom is 0.231 e. The molecule has 0 radical (unpaired) electrons. The first-order valence-corrected chi connectivity index (χ1v) is 10.7. The fourth-order valence-electron chi connectivity index (χ4n) is 4.34. The molecule has 0 amide bonds. The summed E-state index contributed by atoms with van der Waals surface area (Å²) in [5, 5.41) is 4.13. The van der Waals surface area contributed by atoms with Gasteiger partial charge in [0.15, 0.2) is 16.6 Å². The largest absolute Gasteiger partial charge is 0.454 e. The fraction of sp³-hybridized carbons (Fsp3) is 0.125. The number of hydrogen-bond donors (Lipinski definition) is 1. The van der Waals surface area contributed by atoms with Gasteiger partial charge in [0.05, 0.1) is 23.6 Å². The number of aromatic nitrogens is 3. The number of rotatable bonds is 4. The highest BCUT2D eigenvalue weighted by Crippen LogP contribution is 2.44. The Morgan fingerprint density at radius 2 is 1.88 bits per heavy atom. The molecule has 7 nitrogen and oxygen atoms in total. The van der Waals surface area contributed by atoms with Crippen LogP contribution in [-0.4, -0.2) is 26.4 Å². The zero-order chi connectivity index (χ0) is 21.5. The minimum absolute atomic E-state index is 0.139. The van der Waals surface area contributed by atoms with Gasteiger partial charge in [-0.2, -0.15) is 0 Å². The van der Waals surface area contributed by atoms with Crippen LogP contribution in [0.2, 0.25) is 0 Å². The Morgan fingerprint density at radius 3 is 2.72 bits per heavy atom. The molecule has 5 heterocycles. The van der Waals surface area contributed by atoms with Crippen molar-refractivity contribution in [2.75, 3.05) is 11.7 Å². The number of pyridine rings is 2. The highest BCUT2D eigenvalue weighted by atomic mass is 32.1. The fourth-order valence-corrected chi connectivity index (χ4v) is 4.68. The summed E-state index contributed by atoms with van der Waals surface area (Å²) < 4.78 is 13.3. The van der Waals surface area contributed by atoms with Gasteiger partial charge < -0.3 is 24.3 Å². The van der Waals surface area contributed by atoms with Crippen molar-refractivity contribution < 1.29 is 9.47 Å². The molecule has 2 unspecified atom stereocenters. The van der Waals surface area contributed by atoms with Crippen molar-refractivity contribution in [2.45, 2.75) is 12.1 Å². The van der Waals surface area contributed by atoms with Gasteiger partial charge in [-0.15, -0.1) is 0 Å². The minimum atomic E-state index is -0.145. The van der Waals surface area contributed by atoms with E-state index in [9.17, 15) is 0 Å². The van der Waals surface area contributed by atoms with Crippen LogP contribution in [0.1, 0.15) is 23.5 Å². The van der Waals surface area contributed by atoms with E-state index < -0.39 is 0 Å². The molecular formula is C24H19N5O2S. The predicted octanol–water partition coefficient (Wildman–Crippen LogP) is 4.17. The van der Waals surface area contributed by atoms with Crippen molar-refractivity contribution in [1.29, 1.82) is 0 Å². The molecule has 1 fully saturated rings. The number of thiocarbonyl (C=S) groups is 1. The van der Waals surface area contributed by atoms with Crippen molar-refractivity contribution in [1.82, 2.24) is 19.9 Å². The van der Waals surface area contributed by atoms with E-state index in [1.165, 1.54) is 0 Å². The van der Waals surface area contributed by atoms with Crippen molar-refractivity contribution in [3.05, 3.63) is 96.8 Å². The molecule has 0 bridgehead atoms. The van der Waals surface area contributed by atoms with Crippen LogP contribution in [0.15, 0.2) is 85.5 Å². The quantitative estimate of drug-likeness (QED) is 0.477. The lowest BCUT2D eigenvalue weighted by Crippen LogP contribution is -2.30. The highest BCUT2D eigenvalue weighted by Gasteiger charge is 2.42. The van der Waals surface area contributed by atoms with Gasteiger partial charge in [-0.05, 0) is 60.7 Å². The van der Waals surface area contributed by atoms with Crippen LogP contribution < -0.4 is 19.7 Å². The summed E-state index contributed by atoms with van der Waals surface area (Å²) in [7, 11) is 0. The van der Waals surface area contributed by atoms with E-state index in [4.69, 9.17) is 21.7 Å². The van der Waals surface area contributed by atoms with Gasteiger partial charge in [0.25, 0.3) is 0 Å². The number of fused-ring (bicyclic) bond motifs is 1. The molecule has 0 saturated carbocycles. The molecule has 6 rings (SSSR count). The van der Waals surface area contributed by atoms with Crippen LogP contribution in [0, 0.1) is 0 Å². The Kier molecular flexibility index (Phi) is 4.50. The first-order valence-electron chi connectivity index (χ1n) is 10.3. The zero-order valence-electron chi connectivity index (χ0n) is 17.0. The SMILES string of the molecule is S=C1NC(c2ccccn2)C(c2cccn2-c2cccnc2)N1c1ccc2c(c1)OCO2. The Bertz CT molecular complexity index is 1280. The van der Waals surface area contributed by atoms with Crippen LogP contribution in [0.5, 0.6) is 11.5 Å². The monoisotopic (exact) mass is 441 g/mol. The lowest BCUT2D eigenvalue weighted by molar-refractivity contribution is 0.174. The Balaban J connectivity index is 1.50. The first-order chi connectivity index (χ1) is 15.8. The normalized spacial score (nSPS) is 19.2. The number of nitrogens with zero attached hydrogens (tertiary/aromatic N) is 4. The van der Waals surface area contributed by atoms with Crippen LogP contribution in [0.4, 0.5) is 5.69 Å². The van der Waals surface area contributed by atoms with E-state index in [-0.39, 0.29) is 18.9 Å². The predicted molar refractivity (Wildman–Crippen MR) is 124 cm³/mol. The maximum atomic E-state index is 5.83. The van der Waals surface area contributed by atoms with Gasteiger partial charge in [-0.3, -0.25) is 9.97 Å². The minimum Gasteiger partial charge on any atom is -0.454 e. The first kappa shape index (κ1) is 18.8. The van der Waals surface area contributed by atoms with Crippen molar-refractivity contribution >= 4 is 23.0 Å². The molecule has 1 N–H and O–H groups in total. The van der Waals surface area contributed by atoms with E-state index in [1.807, 2.05) is 67.0 Å². The van der Waals surface area contributed by atoms with Gasteiger partial charge >= 0.3 is 0 Å². The number of benzene rings is 1. The van der Waals surface area contributed by atoms with E-state index in [1.54, 1.807) is 12.4 Å². The van der Waals surface area contributed by atoms with Crippen molar-refractivity contribution in [3.8, 4) is 17.2 Å². The Morgan fingerprint density at radius 1 is 0.938 bits per heavy atom. The number of hydrogen-bond acceptors (Lipinski definition) is 5. The summed E-state index contributed by atoms with van der Waals surface area (Å²) in [5.41, 5.74) is 3.89. The summed E-state index contributed by atoms with van der Waals surface area (Å²) in [6, 6.07) is 19.7. The average molecular weight is 442 g/mol. The highest BCUT2D eigenvalue weighted by molar-refractivity contribution is 7.80. The summed E-state index contributed by atoms with van der Waals surface area (Å²) in [6.07, 6.45) is 7.47. The maximum absolute atomic E-state index is 5.83.